The highest BCUT2D eigenvalue weighted by molar-refractivity contribution is 7.89. The average Bonchev–Trinajstić information content (AvgIpc) is 3.22. The van der Waals surface area contributed by atoms with Crippen LogP contribution in [0, 0.1) is 0 Å². The molecule has 4 rings (SSSR count). The molecule has 10 heteroatoms. The third-order valence-corrected chi connectivity index (χ3v) is 7.40. The number of nitrogens with zero attached hydrogens (tertiary/aromatic N) is 3. The summed E-state index contributed by atoms with van der Waals surface area (Å²) in [5.41, 5.74) is 1.74. The number of thiazole rings is 1. The summed E-state index contributed by atoms with van der Waals surface area (Å²) in [6.07, 6.45) is 1.34. The largest absolute Gasteiger partial charge is 0.373 e. The number of anilines is 1. The molecule has 2 aromatic heterocycles. The van der Waals surface area contributed by atoms with Crippen LogP contribution in [0.4, 0.5) is 5.13 Å². The fourth-order valence-corrected chi connectivity index (χ4v) is 5.68. The summed E-state index contributed by atoms with van der Waals surface area (Å²) in [4.78, 5) is 21.4. The van der Waals surface area contributed by atoms with Crippen LogP contribution in [-0.2, 0) is 14.8 Å². The predicted molar refractivity (Wildman–Crippen MR) is 119 cm³/mol. The molecule has 0 spiro atoms. The van der Waals surface area contributed by atoms with E-state index in [9.17, 15) is 13.2 Å². The number of pyridine rings is 1. The van der Waals surface area contributed by atoms with Gasteiger partial charge in [0.05, 0.1) is 22.8 Å². The minimum Gasteiger partial charge on any atom is -0.373 e. The van der Waals surface area contributed by atoms with E-state index in [-0.39, 0.29) is 23.0 Å². The molecular formula is C21H22N4O4S2. The van der Waals surface area contributed by atoms with Gasteiger partial charge in [-0.1, -0.05) is 6.07 Å². The SMILES string of the molecule is C[C@@H]1CN(S(=O)(=O)c2ccc(C(=O)Nc3nc(-c4ccccn4)cs3)cc2)C[C@@H](C)O1. The van der Waals surface area contributed by atoms with Crippen LogP contribution in [0.2, 0.25) is 0 Å². The Kier molecular flexibility index (Phi) is 6.15. The second-order valence-corrected chi connectivity index (χ2v) is 10.1. The van der Waals surface area contributed by atoms with E-state index in [1.54, 1.807) is 6.20 Å². The van der Waals surface area contributed by atoms with E-state index in [1.165, 1.54) is 39.9 Å². The highest BCUT2D eigenvalue weighted by atomic mass is 32.2. The molecule has 0 saturated carbocycles. The first-order chi connectivity index (χ1) is 14.8. The van der Waals surface area contributed by atoms with Gasteiger partial charge in [-0.2, -0.15) is 4.31 Å². The lowest BCUT2D eigenvalue weighted by Crippen LogP contribution is -2.48. The van der Waals surface area contributed by atoms with Crippen molar-refractivity contribution in [3.05, 3.63) is 59.6 Å². The normalized spacial score (nSPS) is 19.8. The van der Waals surface area contributed by atoms with Gasteiger partial charge in [-0.05, 0) is 50.2 Å². The number of aromatic nitrogens is 2. The molecule has 1 saturated heterocycles. The van der Waals surface area contributed by atoms with Crippen molar-refractivity contribution in [3.8, 4) is 11.4 Å². The maximum Gasteiger partial charge on any atom is 0.257 e. The van der Waals surface area contributed by atoms with Crippen molar-refractivity contribution in [3.63, 3.8) is 0 Å². The van der Waals surface area contributed by atoms with Crippen LogP contribution in [0.1, 0.15) is 24.2 Å². The number of ether oxygens (including phenoxy) is 1. The lowest BCUT2D eigenvalue weighted by molar-refractivity contribution is -0.0440. The van der Waals surface area contributed by atoms with Crippen molar-refractivity contribution in [2.45, 2.75) is 31.0 Å². The molecule has 1 aliphatic rings. The molecule has 1 N–H and O–H groups in total. The molecule has 1 aromatic carbocycles. The summed E-state index contributed by atoms with van der Waals surface area (Å²) >= 11 is 1.30. The Hall–Kier alpha value is -2.66. The minimum absolute atomic E-state index is 0.150. The Labute approximate surface area is 185 Å². The van der Waals surface area contributed by atoms with E-state index >= 15 is 0 Å². The molecule has 1 aliphatic heterocycles. The summed E-state index contributed by atoms with van der Waals surface area (Å²) in [6, 6.07) is 11.4. The maximum absolute atomic E-state index is 12.9. The van der Waals surface area contributed by atoms with Crippen LogP contribution in [-0.4, -0.2) is 53.9 Å². The third kappa shape index (κ3) is 4.82. The molecule has 3 aromatic rings. The molecule has 0 unspecified atom stereocenters. The summed E-state index contributed by atoms with van der Waals surface area (Å²) in [6.45, 7) is 4.31. The minimum atomic E-state index is -3.65. The van der Waals surface area contributed by atoms with Gasteiger partial charge in [0, 0.05) is 30.2 Å². The third-order valence-electron chi connectivity index (χ3n) is 4.79. The number of hydrogen-bond acceptors (Lipinski definition) is 7. The van der Waals surface area contributed by atoms with E-state index in [4.69, 9.17) is 4.74 Å². The second-order valence-electron chi connectivity index (χ2n) is 7.31. The van der Waals surface area contributed by atoms with Crippen molar-refractivity contribution in [2.24, 2.45) is 0 Å². The Morgan fingerprint density at radius 2 is 1.81 bits per heavy atom. The Bertz CT molecular complexity index is 1150. The van der Waals surface area contributed by atoms with E-state index in [0.29, 0.717) is 29.5 Å². The highest BCUT2D eigenvalue weighted by Gasteiger charge is 2.32. The van der Waals surface area contributed by atoms with E-state index in [2.05, 4.69) is 15.3 Å². The number of hydrogen-bond donors (Lipinski definition) is 1. The number of morpholine rings is 1. The van der Waals surface area contributed by atoms with Gasteiger partial charge in [0.15, 0.2) is 5.13 Å². The van der Waals surface area contributed by atoms with E-state index in [1.807, 2.05) is 37.4 Å². The average molecular weight is 459 g/mol. The summed E-state index contributed by atoms with van der Waals surface area (Å²) in [5.74, 6) is -0.362. The first-order valence-electron chi connectivity index (χ1n) is 9.77. The number of benzene rings is 1. The Morgan fingerprint density at radius 3 is 2.45 bits per heavy atom. The zero-order valence-electron chi connectivity index (χ0n) is 17.1. The highest BCUT2D eigenvalue weighted by Crippen LogP contribution is 2.24. The maximum atomic E-state index is 12.9. The topological polar surface area (TPSA) is 101 Å². The van der Waals surface area contributed by atoms with Gasteiger partial charge in [0.2, 0.25) is 10.0 Å². The number of carbonyl (C=O) groups excluding carboxylic acids is 1. The van der Waals surface area contributed by atoms with Crippen LogP contribution >= 0.6 is 11.3 Å². The molecule has 8 nitrogen and oxygen atoms in total. The van der Waals surface area contributed by atoms with E-state index < -0.39 is 10.0 Å². The van der Waals surface area contributed by atoms with Gasteiger partial charge in [0.1, 0.15) is 5.69 Å². The first-order valence-corrected chi connectivity index (χ1v) is 12.1. The standard InChI is InChI=1S/C21H22N4O4S2/c1-14-11-25(12-15(2)29-14)31(27,28)17-8-6-16(7-9-17)20(26)24-21-23-19(13-30-21)18-5-3-4-10-22-18/h3-10,13-15H,11-12H2,1-2H3,(H,23,24,26)/t14-,15-/m1/s1. The van der Waals surface area contributed by atoms with Crippen LogP contribution in [0.25, 0.3) is 11.4 Å². The number of amides is 1. The van der Waals surface area contributed by atoms with Crippen molar-refractivity contribution in [1.82, 2.24) is 14.3 Å². The summed E-state index contributed by atoms with van der Waals surface area (Å²) < 4.78 is 32.9. The zero-order valence-corrected chi connectivity index (χ0v) is 18.7. The fourth-order valence-electron chi connectivity index (χ4n) is 3.39. The van der Waals surface area contributed by atoms with Crippen LogP contribution in [0.15, 0.2) is 58.9 Å². The first kappa shape index (κ1) is 21.6. The number of nitrogens with one attached hydrogen (secondary N) is 1. The summed E-state index contributed by atoms with van der Waals surface area (Å²) in [5, 5.41) is 5.01. The zero-order chi connectivity index (χ0) is 22.0. The molecular weight excluding hydrogens is 436 g/mol. The molecule has 3 heterocycles. The Morgan fingerprint density at radius 1 is 1.10 bits per heavy atom. The number of rotatable bonds is 5. The van der Waals surface area contributed by atoms with Crippen molar-refractivity contribution < 1.29 is 17.9 Å². The predicted octanol–water partition coefficient (Wildman–Crippen LogP) is 3.26. The molecule has 0 bridgehead atoms. The van der Waals surface area contributed by atoms with Gasteiger partial charge >= 0.3 is 0 Å². The Balaban J connectivity index is 1.45. The molecule has 1 fully saturated rings. The van der Waals surface area contributed by atoms with Crippen molar-refractivity contribution in [1.29, 1.82) is 0 Å². The fraction of sp³-hybridized carbons (Fsp3) is 0.286. The monoisotopic (exact) mass is 458 g/mol. The number of carbonyl (C=O) groups is 1. The van der Waals surface area contributed by atoms with Crippen LogP contribution < -0.4 is 5.32 Å². The van der Waals surface area contributed by atoms with E-state index in [0.717, 1.165) is 5.69 Å². The van der Waals surface area contributed by atoms with Crippen LogP contribution in [0.3, 0.4) is 0 Å². The quantitative estimate of drug-likeness (QED) is 0.630. The smallest absolute Gasteiger partial charge is 0.257 e. The van der Waals surface area contributed by atoms with Gasteiger partial charge < -0.3 is 4.74 Å². The van der Waals surface area contributed by atoms with Crippen molar-refractivity contribution >= 4 is 32.4 Å². The van der Waals surface area contributed by atoms with Gasteiger partial charge in [0.25, 0.3) is 5.91 Å². The lowest BCUT2D eigenvalue weighted by atomic mass is 10.2. The lowest BCUT2D eigenvalue weighted by Gasteiger charge is -2.34. The molecule has 162 valence electrons. The second kappa shape index (κ2) is 8.83. The molecule has 0 aliphatic carbocycles. The van der Waals surface area contributed by atoms with Gasteiger partial charge in [-0.15, -0.1) is 11.3 Å². The number of sulfonamides is 1. The molecule has 0 radical (unpaired) electrons. The molecule has 1 amide bonds. The molecule has 31 heavy (non-hydrogen) atoms. The van der Waals surface area contributed by atoms with Gasteiger partial charge in [-0.25, -0.2) is 13.4 Å². The van der Waals surface area contributed by atoms with Crippen LogP contribution in [0.5, 0.6) is 0 Å². The summed E-state index contributed by atoms with van der Waals surface area (Å²) in [7, 11) is -3.65. The van der Waals surface area contributed by atoms with Gasteiger partial charge in [-0.3, -0.25) is 15.1 Å². The molecule has 2 atom stereocenters. The van der Waals surface area contributed by atoms with Crippen molar-refractivity contribution in [2.75, 3.05) is 18.4 Å².